The second-order valence-electron chi connectivity index (χ2n) is 5.86. The number of aliphatic hydroxyl groups excluding tert-OH is 1. The lowest BCUT2D eigenvalue weighted by Crippen LogP contribution is -2.37. The van der Waals surface area contributed by atoms with Crippen molar-refractivity contribution in [3.05, 3.63) is 34.3 Å². The van der Waals surface area contributed by atoms with Crippen molar-refractivity contribution in [3.8, 4) is 0 Å². The molecule has 2 rings (SSSR count). The number of rotatable bonds is 6. The SMILES string of the molecule is O=C(CCc1ccccc1Br)NC[C@@H](O)C1CCCCC1. The van der Waals surface area contributed by atoms with Gasteiger partial charge in [0.1, 0.15) is 0 Å². The Kier molecular flexibility index (Phi) is 6.71. The smallest absolute Gasteiger partial charge is 0.220 e. The summed E-state index contributed by atoms with van der Waals surface area (Å²) in [6.45, 7) is 0.388. The van der Waals surface area contributed by atoms with Gasteiger partial charge in [-0.2, -0.15) is 0 Å². The Morgan fingerprint density at radius 1 is 1.29 bits per heavy atom. The highest BCUT2D eigenvalue weighted by Crippen LogP contribution is 2.26. The summed E-state index contributed by atoms with van der Waals surface area (Å²) in [4.78, 5) is 11.9. The lowest BCUT2D eigenvalue weighted by atomic mass is 9.85. The quantitative estimate of drug-likeness (QED) is 0.822. The van der Waals surface area contributed by atoms with Crippen LogP contribution in [0.2, 0.25) is 0 Å². The van der Waals surface area contributed by atoms with E-state index in [1.54, 1.807) is 0 Å². The number of nitrogens with one attached hydrogen (secondary N) is 1. The normalized spacial score (nSPS) is 17.4. The minimum atomic E-state index is -0.391. The second kappa shape index (κ2) is 8.54. The highest BCUT2D eigenvalue weighted by Gasteiger charge is 2.21. The van der Waals surface area contributed by atoms with E-state index in [0.29, 0.717) is 25.3 Å². The van der Waals surface area contributed by atoms with Gasteiger partial charge in [0, 0.05) is 17.4 Å². The number of aryl methyl sites for hydroxylation is 1. The molecule has 0 aliphatic heterocycles. The number of hydrogen-bond acceptors (Lipinski definition) is 2. The number of aliphatic hydroxyl groups is 1. The fourth-order valence-electron chi connectivity index (χ4n) is 2.94. The van der Waals surface area contributed by atoms with Gasteiger partial charge in [-0.25, -0.2) is 0 Å². The largest absolute Gasteiger partial charge is 0.391 e. The summed E-state index contributed by atoms with van der Waals surface area (Å²) < 4.78 is 1.04. The zero-order valence-corrected chi connectivity index (χ0v) is 13.9. The van der Waals surface area contributed by atoms with Crippen LogP contribution in [0.3, 0.4) is 0 Å². The number of carbonyl (C=O) groups is 1. The van der Waals surface area contributed by atoms with Crippen molar-refractivity contribution in [1.29, 1.82) is 0 Å². The van der Waals surface area contributed by atoms with Crippen molar-refractivity contribution in [2.75, 3.05) is 6.54 Å². The molecule has 0 saturated heterocycles. The van der Waals surface area contributed by atoms with Crippen molar-refractivity contribution in [1.82, 2.24) is 5.32 Å². The lowest BCUT2D eigenvalue weighted by molar-refractivity contribution is -0.121. The van der Waals surface area contributed by atoms with E-state index in [4.69, 9.17) is 0 Å². The van der Waals surface area contributed by atoms with Gasteiger partial charge >= 0.3 is 0 Å². The van der Waals surface area contributed by atoms with Crippen molar-refractivity contribution >= 4 is 21.8 Å². The Morgan fingerprint density at radius 3 is 2.71 bits per heavy atom. The monoisotopic (exact) mass is 353 g/mol. The molecule has 3 nitrogen and oxygen atoms in total. The van der Waals surface area contributed by atoms with Crippen molar-refractivity contribution in [3.63, 3.8) is 0 Å². The summed E-state index contributed by atoms with van der Waals surface area (Å²) in [5, 5.41) is 13.0. The molecule has 21 heavy (non-hydrogen) atoms. The average molecular weight is 354 g/mol. The van der Waals surface area contributed by atoms with E-state index in [1.165, 1.54) is 19.3 Å². The third-order valence-corrected chi connectivity index (χ3v) is 5.06. The van der Waals surface area contributed by atoms with E-state index in [9.17, 15) is 9.90 Å². The van der Waals surface area contributed by atoms with E-state index in [2.05, 4.69) is 21.2 Å². The van der Waals surface area contributed by atoms with Gasteiger partial charge in [0.05, 0.1) is 6.10 Å². The van der Waals surface area contributed by atoms with E-state index in [-0.39, 0.29) is 5.91 Å². The highest BCUT2D eigenvalue weighted by atomic mass is 79.9. The number of hydrogen-bond donors (Lipinski definition) is 2. The molecule has 1 fully saturated rings. The molecule has 1 saturated carbocycles. The van der Waals surface area contributed by atoms with Crippen LogP contribution in [0.25, 0.3) is 0 Å². The average Bonchev–Trinajstić information content (AvgIpc) is 2.52. The molecule has 116 valence electrons. The molecule has 0 heterocycles. The summed E-state index contributed by atoms with van der Waals surface area (Å²) in [6, 6.07) is 7.95. The first-order chi connectivity index (χ1) is 10.2. The molecule has 1 atom stereocenters. The number of carbonyl (C=O) groups excluding carboxylic acids is 1. The molecule has 0 unspecified atom stereocenters. The Balaban J connectivity index is 1.68. The first-order valence-electron chi connectivity index (χ1n) is 7.85. The molecular formula is C17H24BrNO2. The Labute approximate surface area is 135 Å². The molecule has 2 N–H and O–H groups in total. The van der Waals surface area contributed by atoms with Crippen LogP contribution in [0, 0.1) is 5.92 Å². The van der Waals surface area contributed by atoms with Crippen LogP contribution in [0.5, 0.6) is 0 Å². The van der Waals surface area contributed by atoms with Gasteiger partial charge in [0.15, 0.2) is 0 Å². The summed E-state index contributed by atoms with van der Waals surface area (Å²) in [6.07, 6.45) is 6.66. The van der Waals surface area contributed by atoms with Gasteiger partial charge in [-0.1, -0.05) is 53.4 Å². The minimum absolute atomic E-state index is 0.0145. The summed E-state index contributed by atoms with van der Waals surface area (Å²) in [5.41, 5.74) is 1.14. The van der Waals surface area contributed by atoms with E-state index >= 15 is 0 Å². The maximum Gasteiger partial charge on any atom is 0.220 e. The van der Waals surface area contributed by atoms with Gasteiger partial charge in [0.25, 0.3) is 0 Å². The van der Waals surface area contributed by atoms with Gasteiger partial charge in [-0.15, -0.1) is 0 Å². The predicted molar refractivity (Wildman–Crippen MR) is 88.1 cm³/mol. The first-order valence-corrected chi connectivity index (χ1v) is 8.64. The molecule has 1 amide bonds. The third kappa shape index (κ3) is 5.44. The van der Waals surface area contributed by atoms with Gasteiger partial charge in [-0.05, 0) is 36.8 Å². The Morgan fingerprint density at radius 2 is 2.00 bits per heavy atom. The van der Waals surface area contributed by atoms with Gasteiger partial charge in [0.2, 0.25) is 5.91 Å². The Hall–Kier alpha value is -0.870. The summed E-state index contributed by atoms with van der Waals surface area (Å²) in [5.74, 6) is 0.378. The fraction of sp³-hybridized carbons (Fsp3) is 0.588. The molecule has 0 aromatic heterocycles. The topological polar surface area (TPSA) is 49.3 Å². The second-order valence-corrected chi connectivity index (χ2v) is 6.72. The summed E-state index contributed by atoms with van der Waals surface area (Å²) in [7, 11) is 0. The van der Waals surface area contributed by atoms with Gasteiger partial charge < -0.3 is 10.4 Å². The van der Waals surface area contributed by atoms with E-state index in [1.807, 2.05) is 24.3 Å². The lowest BCUT2D eigenvalue weighted by Gasteiger charge is -2.26. The maximum absolute atomic E-state index is 11.9. The van der Waals surface area contributed by atoms with Crippen molar-refractivity contribution in [2.45, 2.75) is 51.0 Å². The predicted octanol–water partition coefficient (Wildman–Crippen LogP) is 3.44. The van der Waals surface area contributed by atoms with E-state index < -0.39 is 6.10 Å². The molecule has 0 spiro atoms. The fourth-order valence-corrected chi connectivity index (χ4v) is 3.42. The standard InChI is InChI=1S/C17H24BrNO2/c18-15-9-5-4-6-13(15)10-11-17(21)19-12-16(20)14-7-2-1-3-8-14/h4-6,9,14,16,20H,1-3,7-8,10-12H2,(H,19,21)/t16-/m1/s1. The zero-order valence-electron chi connectivity index (χ0n) is 12.4. The van der Waals surface area contributed by atoms with Crippen LogP contribution in [-0.4, -0.2) is 23.7 Å². The van der Waals surface area contributed by atoms with Crippen LogP contribution in [-0.2, 0) is 11.2 Å². The van der Waals surface area contributed by atoms with E-state index in [0.717, 1.165) is 22.9 Å². The van der Waals surface area contributed by atoms with Crippen LogP contribution in [0.1, 0.15) is 44.1 Å². The summed E-state index contributed by atoms with van der Waals surface area (Å²) >= 11 is 3.49. The molecule has 1 aromatic rings. The number of benzene rings is 1. The molecule has 1 aliphatic rings. The van der Waals surface area contributed by atoms with Crippen molar-refractivity contribution in [2.24, 2.45) is 5.92 Å². The minimum Gasteiger partial charge on any atom is -0.391 e. The molecule has 1 aromatic carbocycles. The molecule has 0 bridgehead atoms. The Bertz CT molecular complexity index is 458. The van der Waals surface area contributed by atoms with Crippen LogP contribution in [0.4, 0.5) is 0 Å². The maximum atomic E-state index is 11.9. The van der Waals surface area contributed by atoms with Crippen molar-refractivity contribution < 1.29 is 9.90 Å². The molecule has 1 aliphatic carbocycles. The van der Waals surface area contributed by atoms with Gasteiger partial charge in [-0.3, -0.25) is 4.79 Å². The first kappa shape index (κ1) is 16.5. The van der Waals surface area contributed by atoms with Crippen LogP contribution in [0.15, 0.2) is 28.7 Å². The molecular weight excluding hydrogens is 330 g/mol. The van der Waals surface area contributed by atoms with Crippen LogP contribution >= 0.6 is 15.9 Å². The zero-order chi connectivity index (χ0) is 15.1. The number of halogens is 1. The van der Waals surface area contributed by atoms with Crippen LogP contribution < -0.4 is 5.32 Å². The molecule has 4 heteroatoms. The molecule has 0 radical (unpaired) electrons. The number of amides is 1. The highest BCUT2D eigenvalue weighted by molar-refractivity contribution is 9.10. The third-order valence-electron chi connectivity index (χ3n) is 4.28.